The van der Waals surface area contributed by atoms with Gasteiger partial charge in [0, 0.05) is 25.3 Å². The second-order valence-electron chi connectivity index (χ2n) is 6.20. The van der Waals surface area contributed by atoms with Crippen LogP contribution in [0, 0.1) is 0 Å². The molecule has 3 rings (SSSR count). The molecule has 2 atom stereocenters. The van der Waals surface area contributed by atoms with Gasteiger partial charge in [0.2, 0.25) is 5.91 Å². The first-order valence-electron chi connectivity index (χ1n) is 7.82. The molecule has 0 radical (unpaired) electrons. The average molecular weight is 302 g/mol. The van der Waals surface area contributed by atoms with Gasteiger partial charge in [-0.1, -0.05) is 0 Å². The fraction of sp³-hybridized carbons (Fsp3) is 0.562. The van der Waals surface area contributed by atoms with Gasteiger partial charge in [-0.3, -0.25) is 13.9 Å². The fourth-order valence-electron chi connectivity index (χ4n) is 3.51. The minimum atomic E-state index is -0.195. The molecule has 1 amide bonds. The van der Waals surface area contributed by atoms with Crippen molar-refractivity contribution >= 4 is 17.1 Å². The maximum Gasteiger partial charge on any atom is 0.330 e. The number of hydrogen-bond acceptors (Lipinski definition) is 3. The van der Waals surface area contributed by atoms with Crippen molar-refractivity contribution in [1.29, 1.82) is 0 Å². The number of carbonyl (C=O) groups excluding carboxylic acids is 1. The Morgan fingerprint density at radius 1 is 1.32 bits per heavy atom. The molecule has 0 spiro atoms. The number of likely N-dealkylation sites (tertiary alicyclic amines) is 1. The van der Waals surface area contributed by atoms with Gasteiger partial charge >= 0.3 is 5.69 Å². The van der Waals surface area contributed by atoms with E-state index in [9.17, 15) is 9.59 Å². The predicted octanol–water partition coefficient (Wildman–Crippen LogP) is 1.52. The molecule has 0 bridgehead atoms. The van der Waals surface area contributed by atoms with Gasteiger partial charge < -0.3 is 4.90 Å². The van der Waals surface area contributed by atoms with Crippen molar-refractivity contribution in [2.45, 2.75) is 51.7 Å². The lowest BCUT2D eigenvalue weighted by atomic mass is 9.97. The number of amides is 1. The number of aromatic nitrogens is 3. The van der Waals surface area contributed by atoms with Crippen LogP contribution in [0.1, 0.15) is 33.1 Å². The van der Waals surface area contributed by atoms with E-state index in [1.165, 1.54) is 9.13 Å². The summed E-state index contributed by atoms with van der Waals surface area (Å²) in [7, 11) is 1.69. The summed E-state index contributed by atoms with van der Waals surface area (Å²) in [5, 5.41) is 0. The molecule has 6 nitrogen and oxygen atoms in total. The Bertz CT molecular complexity index is 751. The lowest BCUT2D eigenvalue weighted by Gasteiger charge is -2.39. The summed E-state index contributed by atoms with van der Waals surface area (Å²) in [5.74, 6) is 0.0122. The third-order valence-electron chi connectivity index (χ3n) is 4.67. The summed E-state index contributed by atoms with van der Waals surface area (Å²) < 4.78 is 3.02. The van der Waals surface area contributed by atoms with Gasteiger partial charge in [0.05, 0.1) is 5.52 Å². The zero-order chi connectivity index (χ0) is 15.9. The molecule has 0 N–H and O–H groups in total. The van der Waals surface area contributed by atoms with Crippen molar-refractivity contribution in [2.24, 2.45) is 7.05 Å². The summed E-state index contributed by atoms with van der Waals surface area (Å²) >= 11 is 0. The maximum atomic E-state index is 12.7. The van der Waals surface area contributed by atoms with Crippen molar-refractivity contribution in [3.05, 3.63) is 28.8 Å². The van der Waals surface area contributed by atoms with Crippen LogP contribution in [0.25, 0.3) is 11.2 Å². The highest BCUT2D eigenvalue weighted by Crippen LogP contribution is 2.23. The average Bonchev–Trinajstić information content (AvgIpc) is 2.73. The van der Waals surface area contributed by atoms with E-state index in [4.69, 9.17) is 0 Å². The molecule has 0 aliphatic carbocycles. The van der Waals surface area contributed by atoms with Crippen LogP contribution in [0.5, 0.6) is 0 Å². The minimum Gasteiger partial charge on any atom is -0.336 e. The van der Waals surface area contributed by atoms with Gasteiger partial charge in [0.15, 0.2) is 5.65 Å². The van der Waals surface area contributed by atoms with Gasteiger partial charge in [-0.05, 0) is 45.2 Å². The minimum absolute atomic E-state index is 0.0122. The first-order valence-corrected chi connectivity index (χ1v) is 7.82. The van der Waals surface area contributed by atoms with Crippen LogP contribution in [0.15, 0.2) is 23.1 Å². The van der Waals surface area contributed by atoms with Crippen molar-refractivity contribution in [1.82, 2.24) is 19.0 Å². The Labute approximate surface area is 129 Å². The first kappa shape index (κ1) is 14.8. The van der Waals surface area contributed by atoms with Crippen LogP contribution >= 0.6 is 0 Å². The number of piperidine rings is 1. The molecule has 3 heterocycles. The summed E-state index contributed by atoms with van der Waals surface area (Å²) in [5.41, 5.74) is 1.13. The molecule has 2 unspecified atom stereocenters. The molecule has 6 heteroatoms. The number of pyridine rings is 1. The van der Waals surface area contributed by atoms with Crippen LogP contribution in [0.4, 0.5) is 0 Å². The molecule has 1 fully saturated rings. The highest BCUT2D eigenvalue weighted by Gasteiger charge is 2.29. The molecule has 0 saturated carbocycles. The van der Waals surface area contributed by atoms with Gasteiger partial charge in [-0.15, -0.1) is 0 Å². The van der Waals surface area contributed by atoms with E-state index in [1.807, 2.05) is 11.0 Å². The molecule has 2 aromatic heterocycles. The normalized spacial score (nSPS) is 22.2. The van der Waals surface area contributed by atoms with E-state index in [1.54, 1.807) is 19.3 Å². The topological polar surface area (TPSA) is 60.1 Å². The van der Waals surface area contributed by atoms with Gasteiger partial charge in [0.1, 0.15) is 6.54 Å². The second kappa shape index (κ2) is 5.59. The van der Waals surface area contributed by atoms with E-state index >= 15 is 0 Å². The van der Waals surface area contributed by atoms with Gasteiger partial charge in [-0.25, -0.2) is 9.78 Å². The summed E-state index contributed by atoms with van der Waals surface area (Å²) in [4.78, 5) is 31.3. The summed E-state index contributed by atoms with van der Waals surface area (Å²) in [6, 6.07) is 4.09. The number of nitrogens with zero attached hydrogens (tertiary/aromatic N) is 4. The molecule has 22 heavy (non-hydrogen) atoms. The first-order chi connectivity index (χ1) is 10.5. The molecule has 0 aromatic carbocycles. The lowest BCUT2D eigenvalue weighted by Crippen LogP contribution is -2.49. The van der Waals surface area contributed by atoms with Crippen LogP contribution in [-0.2, 0) is 18.4 Å². The summed E-state index contributed by atoms with van der Waals surface area (Å²) in [6.07, 6.45) is 4.87. The molecule has 118 valence electrons. The van der Waals surface area contributed by atoms with Crippen LogP contribution in [0.3, 0.4) is 0 Å². The van der Waals surface area contributed by atoms with Gasteiger partial charge in [0.25, 0.3) is 0 Å². The SMILES string of the molecule is CC1CCCC(C)N1C(=O)Cn1c(=O)n(C)c2ncccc21. The van der Waals surface area contributed by atoms with Crippen molar-refractivity contribution < 1.29 is 4.79 Å². The molecule has 1 aliphatic rings. The van der Waals surface area contributed by atoms with Crippen LogP contribution in [-0.4, -0.2) is 37.0 Å². The molecular formula is C16H22N4O2. The van der Waals surface area contributed by atoms with E-state index in [-0.39, 0.29) is 30.2 Å². The Morgan fingerprint density at radius 3 is 2.68 bits per heavy atom. The molecule has 2 aromatic rings. The van der Waals surface area contributed by atoms with Gasteiger partial charge in [-0.2, -0.15) is 0 Å². The Balaban J connectivity index is 1.95. The monoisotopic (exact) mass is 302 g/mol. The zero-order valence-corrected chi connectivity index (χ0v) is 13.3. The number of hydrogen-bond donors (Lipinski definition) is 0. The standard InChI is InChI=1S/C16H22N4O2/c1-11-6-4-7-12(2)20(11)14(21)10-19-13-8-5-9-17-15(13)18(3)16(19)22/h5,8-9,11-12H,4,6-7,10H2,1-3H3. The predicted molar refractivity (Wildman–Crippen MR) is 84.6 cm³/mol. The van der Waals surface area contributed by atoms with E-state index in [0.717, 1.165) is 19.3 Å². The third-order valence-corrected chi connectivity index (χ3v) is 4.67. The zero-order valence-electron chi connectivity index (χ0n) is 13.3. The lowest BCUT2D eigenvalue weighted by molar-refractivity contribution is -0.137. The van der Waals surface area contributed by atoms with E-state index in [2.05, 4.69) is 18.8 Å². The number of imidazole rings is 1. The number of rotatable bonds is 2. The highest BCUT2D eigenvalue weighted by molar-refractivity contribution is 5.80. The van der Waals surface area contributed by atoms with Crippen LogP contribution < -0.4 is 5.69 Å². The third kappa shape index (κ3) is 2.32. The number of aryl methyl sites for hydroxylation is 1. The quantitative estimate of drug-likeness (QED) is 0.845. The Kier molecular flexibility index (Phi) is 3.76. The second-order valence-corrected chi connectivity index (χ2v) is 6.20. The van der Waals surface area contributed by atoms with Crippen molar-refractivity contribution in [2.75, 3.05) is 0 Å². The van der Waals surface area contributed by atoms with E-state index in [0.29, 0.717) is 11.2 Å². The fourth-order valence-corrected chi connectivity index (χ4v) is 3.51. The molecular weight excluding hydrogens is 280 g/mol. The number of fused-ring (bicyclic) bond motifs is 1. The van der Waals surface area contributed by atoms with Crippen molar-refractivity contribution in [3.8, 4) is 0 Å². The summed E-state index contributed by atoms with van der Waals surface area (Å²) in [6.45, 7) is 4.25. The van der Waals surface area contributed by atoms with E-state index < -0.39 is 0 Å². The van der Waals surface area contributed by atoms with Crippen LogP contribution in [0.2, 0.25) is 0 Å². The number of carbonyl (C=O) groups is 1. The van der Waals surface area contributed by atoms with Crippen molar-refractivity contribution in [3.63, 3.8) is 0 Å². The Hall–Kier alpha value is -2.11. The molecule has 1 aliphatic heterocycles. The maximum absolute atomic E-state index is 12.7. The Morgan fingerprint density at radius 2 is 2.00 bits per heavy atom. The smallest absolute Gasteiger partial charge is 0.330 e. The largest absolute Gasteiger partial charge is 0.336 e. The highest BCUT2D eigenvalue weighted by atomic mass is 16.2. The molecule has 1 saturated heterocycles.